The lowest BCUT2D eigenvalue weighted by molar-refractivity contribution is -0.129. The van der Waals surface area contributed by atoms with Gasteiger partial charge in [0.2, 0.25) is 5.91 Å². The summed E-state index contributed by atoms with van der Waals surface area (Å²) in [4.78, 5) is 13.4. The molecule has 3 heteroatoms. The third-order valence-electron chi connectivity index (χ3n) is 2.92. The van der Waals surface area contributed by atoms with E-state index in [1.165, 1.54) is 5.56 Å². The fourth-order valence-electron chi connectivity index (χ4n) is 2.07. The molecule has 2 atom stereocenters. The van der Waals surface area contributed by atoms with Crippen molar-refractivity contribution in [2.45, 2.75) is 25.4 Å². The van der Waals surface area contributed by atoms with Gasteiger partial charge in [0.25, 0.3) is 0 Å². The molecule has 1 amide bonds. The highest BCUT2D eigenvalue weighted by Gasteiger charge is 2.31. The van der Waals surface area contributed by atoms with E-state index in [1.54, 1.807) is 4.90 Å². The molecular weight excluding hydrogens is 188 g/mol. The molecule has 2 N–H and O–H groups in total. The molecule has 2 rings (SSSR count). The van der Waals surface area contributed by atoms with Gasteiger partial charge in [-0.2, -0.15) is 0 Å². The number of rotatable bonds is 2. The number of amides is 1. The Morgan fingerprint density at radius 1 is 1.40 bits per heavy atom. The van der Waals surface area contributed by atoms with Gasteiger partial charge in [0.1, 0.15) is 0 Å². The normalized spacial score (nSPS) is 23.2. The van der Waals surface area contributed by atoms with E-state index in [2.05, 4.69) is 12.1 Å². The molecule has 0 saturated carbocycles. The van der Waals surface area contributed by atoms with Gasteiger partial charge >= 0.3 is 0 Å². The molecule has 1 saturated heterocycles. The van der Waals surface area contributed by atoms with E-state index in [-0.39, 0.29) is 12.1 Å². The molecular formula is C12H16N2O. The van der Waals surface area contributed by atoms with Crippen LogP contribution in [0.3, 0.4) is 0 Å². The SMILES string of the molecule is CC(N)N1CC(c2ccccc2)CC1=O. The predicted octanol–water partition coefficient (Wildman–Crippen LogP) is 1.31. The average molecular weight is 204 g/mol. The monoisotopic (exact) mass is 204 g/mol. The fraction of sp³-hybridized carbons (Fsp3) is 0.417. The lowest BCUT2D eigenvalue weighted by Crippen LogP contribution is -2.40. The van der Waals surface area contributed by atoms with E-state index >= 15 is 0 Å². The van der Waals surface area contributed by atoms with Crippen molar-refractivity contribution < 1.29 is 4.79 Å². The standard InChI is InChI=1S/C12H16N2O/c1-9(13)14-8-11(7-12(14)15)10-5-3-2-4-6-10/h2-6,9,11H,7-8,13H2,1H3. The molecule has 15 heavy (non-hydrogen) atoms. The minimum absolute atomic E-state index is 0.166. The summed E-state index contributed by atoms with van der Waals surface area (Å²) in [7, 11) is 0. The first kappa shape index (κ1) is 10.2. The summed E-state index contributed by atoms with van der Waals surface area (Å²) in [5.74, 6) is 0.476. The molecule has 1 fully saturated rings. The molecule has 0 bridgehead atoms. The van der Waals surface area contributed by atoms with Crippen molar-refractivity contribution in [3.05, 3.63) is 35.9 Å². The minimum Gasteiger partial charge on any atom is -0.327 e. The third-order valence-corrected chi connectivity index (χ3v) is 2.92. The van der Waals surface area contributed by atoms with Gasteiger partial charge in [-0.05, 0) is 12.5 Å². The smallest absolute Gasteiger partial charge is 0.224 e. The van der Waals surface area contributed by atoms with E-state index < -0.39 is 0 Å². The van der Waals surface area contributed by atoms with Crippen molar-refractivity contribution in [2.24, 2.45) is 5.73 Å². The van der Waals surface area contributed by atoms with Crippen LogP contribution in [0.5, 0.6) is 0 Å². The number of hydrogen-bond acceptors (Lipinski definition) is 2. The first-order valence-electron chi connectivity index (χ1n) is 5.28. The van der Waals surface area contributed by atoms with Gasteiger partial charge in [0.05, 0.1) is 6.17 Å². The summed E-state index contributed by atoms with van der Waals surface area (Å²) < 4.78 is 0. The Kier molecular flexibility index (Phi) is 2.73. The van der Waals surface area contributed by atoms with Crippen LogP contribution in [0.25, 0.3) is 0 Å². The first-order chi connectivity index (χ1) is 7.18. The second-order valence-electron chi connectivity index (χ2n) is 4.10. The molecule has 1 aromatic carbocycles. The molecule has 1 aromatic rings. The molecule has 0 spiro atoms. The second kappa shape index (κ2) is 4.03. The van der Waals surface area contributed by atoms with Crippen LogP contribution >= 0.6 is 0 Å². The number of carbonyl (C=O) groups excluding carboxylic acids is 1. The molecule has 2 unspecified atom stereocenters. The third kappa shape index (κ3) is 2.02. The van der Waals surface area contributed by atoms with Crippen LogP contribution in [0.15, 0.2) is 30.3 Å². The quantitative estimate of drug-likeness (QED) is 0.789. The Morgan fingerprint density at radius 3 is 2.60 bits per heavy atom. The van der Waals surface area contributed by atoms with Gasteiger partial charge in [0.15, 0.2) is 0 Å². The maximum absolute atomic E-state index is 11.6. The highest BCUT2D eigenvalue weighted by molar-refractivity contribution is 5.80. The van der Waals surface area contributed by atoms with Crippen molar-refractivity contribution >= 4 is 5.91 Å². The van der Waals surface area contributed by atoms with Crippen LogP contribution < -0.4 is 5.73 Å². The summed E-state index contributed by atoms with van der Waals surface area (Å²) >= 11 is 0. The number of carbonyl (C=O) groups is 1. The number of nitrogens with zero attached hydrogens (tertiary/aromatic N) is 1. The van der Waals surface area contributed by atoms with Crippen LogP contribution in [0, 0.1) is 0 Å². The molecule has 0 radical (unpaired) electrons. The summed E-state index contributed by atoms with van der Waals surface area (Å²) in [6.45, 7) is 2.60. The zero-order chi connectivity index (χ0) is 10.8. The molecule has 0 aliphatic carbocycles. The molecule has 80 valence electrons. The minimum atomic E-state index is -0.175. The first-order valence-corrected chi connectivity index (χ1v) is 5.28. The fourth-order valence-corrected chi connectivity index (χ4v) is 2.07. The number of likely N-dealkylation sites (tertiary alicyclic amines) is 1. The van der Waals surface area contributed by atoms with E-state index in [1.807, 2.05) is 25.1 Å². The van der Waals surface area contributed by atoms with E-state index in [4.69, 9.17) is 5.73 Å². The van der Waals surface area contributed by atoms with Crippen LogP contribution in [0.4, 0.5) is 0 Å². The Hall–Kier alpha value is -1.35. The van der Waals surface area contributed by atoms with Gasteiger partial charge in [-0.3, -0.25) is 4.79 Å². The van der Waals surface area contributed by atoms with Crippen molar-refractivity contribution in [2.75, 3.05) is 6.54 Å². The Labute approximate surface area is 89.9 Å². The highest BCUT2D eigenvalue weighted by Crippen LogP contribution is 2.28. The summed E-state index contributed by atoms with van der Waals surface area (Å²) in [5, 5.41) is 0. The Balaban J connectivity index is 2.13. The van der Waals surface area contributed by atoms with Gasteiger partial charge < -0.3 is 10.6 Å². The van der Waals surface area contributed by atoms with Crippen molar-refractivity contribution in [1.82, 2.24) is 4.90 Å². The highest BCUT2D eigenvalue weighted by atomic mass is 16.2. The van der Waals surface area contributed by atoms with Crippen molar-refractivity contribution in [3.63, 3.8) is 0 Å². The summed E-state index contributed by atoms with van der Waals surface area (Å²) in [6.07, 6.45) is 0.414. The van der Waals surface area contributed by atoms with E-state index in [0.29, 0.717) is 12.3 Å². The molecule has 1 heterocycles. The number of benzene rings is 1. The molecule has 1 aliphatic heterocycles. The lowest BCUT2D eigenvalue weighted by Gasteiger charge is -2.20. The van der Waals surface area contributed by atoms with Gasteiger partial charge in [-0.25, -0.2) is 0 Å². The van der Waals surface area contributed by atoms with Gasteiger partial charge in [-0.1, -0.05) is 30.3 Å². The van der Waals surface area contributed by atoms with E-state index in [0.717, 1.165) is 6.54 Å². The molecule has 3 nitrogen and oxygen atoms in total. The maximum Gasteiger partial charge on any atom is 0.224 e. The van der Waals surface area contributed by atoms with Gasteiger partial charge in [-0.15, -0.1) is 0 Å². The summed E-state index contributed by atoms with van der Waals surface area (Å²) in [5.41, 5.74) is 6.96. The van der Waals surface area contributed by atoms with E-state index in [9.17, 15) is 4.79 Å². The van der Waals surface area contributed by atoms with Crippen LogP contribution in [-0.4, -0.2) is 23.5 Å². The van der Waals surface area contributed by atoms with Crippen LogP contribution in [0.1, 0.15) is 24.8 Å². The topological polar surface area (TPSA) is 46.3 Å². The lowest BCUT2D eigenvalue weighted by atomic mass is 9.99. The number of nitrogens with two attached hydrogens (primary N) is 1. The Bertz CT molecular complexity index is 348. The zero-order valence-corrected chi connectivity index (χ0v) is 8.89. The molecule has 0 aromatic heterocycles. The predicted molar refractivity (Wildman–Crippen MR) is 59.2 cm³/mol. The van der Waals surface area contributed by atoms with Gasteiger partial charge in [0, 0.05) is 18.9 Å². The largest absolute Gasteiger partial charge is 0.327 e. The van der Waals surface area contributed by atoms with Crippen LogP contribution in [-0.2, 0) is 4.79 Å². The Morgan fingerprint density at radius 2 is 2.07 bits per heavy atom. The van der Waals surface area contributed by atoms with Crippen LogP contribution in [0.2, 0.25) is 0 Å². The number of hydrogen-bond donors (Lipinski definition) is 1. The maximum atomic E-state index is 11.6. The molecule has 1 aliphatic rings. The average Bonchev–Trinajstić information content (AvgIpc) is 2.62. The zero-order valence-electron chi connectivity index (χ0n) is 8.89. The summed E-state index contributed by atoms with van der Waals surface area (Å²) in [6, 6.07) is 10.2. The van der Waals surface area contributed by atoms with Crippen molar-refractivity contribution in [1.29, 1.82) is 0 Å². The van der Waals surface area contributed by atoms with Crippen molar-refractivity contribution in [3.8, 4) is 0 Å². The second-order valence-corrected chi connectivity index (χ2v) is 4.10.